The maximum absolute atomic E-state index is 12.2. The number of allylic oxidation sites excluding steroid dienone is 12. The molecule has 0 saturated heterocycles. The van der Waals surface area contributed by atoms with E-state index in [0.29, 0.717) is 13.0 Å². The van der Waals surface area contributed by atoms with Crippen LogP contribution in [0.4, 0.5) is 0 Å². The van der Waals surface area contributed by atoms with Crippen molar-refractivity contribution < 1.29 is 19.4 Å². The van der Waals surface area contributed by atoms with Crippen molar-refractivity contribution in [3.05, 3.63) is 72.9 Å². The van der Waals surface area contributed by atoms with Gasteiger partial charge < -0.3 is 14.6 Å². The monoisotopic (exact) mass is 697 g/mol. The first-order valence-electron chi connectivity index (χ1n) is 21.0. The third kappa shape index (κ3) is 40.3. The third-order valence-corrected chi connectivity index (χ3v) is 8.77. The van der Waals surface area contributed by atoms with E-state index < -0.39 is 6.10 Å². The molecule has 0 amide bonds. The SMILES string of the molecule is CC/C=C\C/C=C\C/C=C\C/C=C\C/C=C\CCCCCCOCC(CO)OC(=O)CCCCCCCCC/C=C\CCCCCCCCC. The van der Waals surface area contributed by atoms with Crippen molar-refractivity contribution in [1.82, 2.24) is 0 Å². The van der Waals surface area contributed by atoms with Crippen LogP contribution in [0.5, 0.6) is 0 Å². The normalized spacial score (nSPS) is 13.1. The minimum absolute atomic E-state index is 0.187. The summed E-state index contributed by atoms with van der Waals surface area (Å²) in [5, 5.41) is 9.60. The maximum Gasteiger partial charge on any atom is 0.306 e. The molecule has 4 nitrogen and oxygen atoms in total. The van der Waals surface area contributed by atoms with Gasteiger partial charge in [0.15, 0.2) is 0 Å². The molecule has 0 bridgehead atoms. The number of aliphatic hydroxyl groups excluding tert-OH is 1. The number of hydrogen-bond donors (Lipinski definition) is 1. The molecule has 0 aromatic heterocycles. The van der Waals surface area contributed by atoms with Crippen molar-refractivity contribution in [2.75, 3.05) is 19.8 Å². The molecule has 1 N–H and O–H groups in total. The molecule has 4 heteroatoms. The lowest BCUT2D eigenvalue weighted by Crippen LogP contribution is -2.27. The van der Waals surface area contributed by atoms with Gasteiger partial charge in [0, 0.05) is 13.0 Å². The summed E-state index contributed by atoms with van der Waals surface area (Å²) in [6, 6.07) is 0. The molecule has 0 aliphatic heterocycles. The Morgan fingerprint density at radius 1 is 0.500 bits per heavy atom. The highest BCUT2D eigenvalue weighted by molar-refractivity contribution is 5.69. The standard InChI is InChI=1S/C46H80O4/c1-3-5-7-9-11-13-15-17-19-21-23-24-26-28-30-32-34-36-38-40-42-49-44-45(43-47)50-46(48)41-39-37-35-33-31-29-27-25-22-20-18-16-14-12-10-8-6-4-2/h5,7,11,13,17,19-20,22-24,28,30,45,47H,3-4,6,8-10,12,14-16,18,21,25-27,29,31-44H2,1-2H3/b7-5-,13-11-,19-17-,22-20-,24-23-,30-28-. The second-order valence-corrected chi connectivity index (χ2v) is 13.7. The van der Waals surface area contributed by atoms with E-state index in [1.54, 1.807) is 0 Å². The molecule has 0 aromatic rings. The second-order valence-electron chi connectivity index (χ2n) is 13.7. The Hall–Kier alpha value is -2.17. The van der Waals surface area contributed by atoms with Gasteiger partial charge >= 0.3 is 5.97 Å². The van der Waals surface area contributed by atoms with Crippen molar-refractivity contribution in [1.29, 1.82) is 0 Å². The summed E-state index contributed by atoms with van der Waals surface area (Å²) >= 11 is 0. The molecule has 0 aliphatic rings. The molecular formula is C46H80O4. The van der Waals surface area contributed by atoms with Crippen LogP contribution in [-0.4, -0.2) is 37.0 Å². The molecule has 0 aromatic carbocycles. The van der Waals surface area contributed by atoms with Gasteiger partial charge in [-0.1, -0.05) is 170 Å². The Labute approximate surface area is 310 Å². The van der Waals surface area contributed by atoms with Gasteiger partial charge in [0.2, 0.25) is 0 Å². The summed E-state index contributed by atoms with van der Waals surface area (Å²) in [6.45, 7) is 5.17. The minimum Gasteiger partial charge on any atom is -0.457 e. The van der Waals surface area contributed by atoms with Crippen LogP contribution in [0.3, 0.4) is 0 Å². The molecule has 0 fully saturated rings. The van der Waals surface area contributed by atoms with Gasteiger partial charge in [-0.25, -0.2) is 0 Å². The molecule has 0 saturated carbocycles. The number of carbonyl (C=O) groups is 1. The van der Waals surface area contributed by atoms with Crippen molar-refractivity contribution >= 4 is 5.97 Å². The Morgan fingerprint density at radius 3 is 1.38 bits per heavy atom. The van der Waals surface area contributed by atoms with Gasteiger partial charge in [0.05, 0.1) is 13.2 Å². The van der Waals surface area contributed by atoms with E-state index in [9.17, 15) is 9.90 Å². The average molecular weight is 697 g/mol. The fraction of sp³-hybridized carbons (Fsp3) is 0.717. The van der Waals surface area contributed by atoms with E-state index in [0.717, 1.165) is 64.2 Å². The molecule has 0 spiro atoms. The quantitative estimate of drug-likeness (QED) is 0.0397. The first kappa shape index (κ1) is 47.8. The fourth-order valence-corrected chi connectivity index (χ4v) is 5.64. The highest BCUT2D eigenvalue weighted by atomic mass is 16.6. The van der Waals surface area contributed by atoms with Crippen molar-refractivity contribution in [3.8, 4) is 0 Å². The molecule has 288 valence electrons. The van der Waals surface area contributed by atoms with Gasteiger partial charge in [-0.2, -0.15) is 0 Å². The van der Waals surface area contributed by atoms with Crippen LogP contribution in [-0.2, 0) is 14.3 Å². The summed E-state index contributed by atoms with van der Waals surface area (Å²) in [7, 11) is 0. The number of esters is 1. The van der Waals surface area contributed by atoms with E-state index in [1.165, 1.54) is 103 Å². The Morgan fingerprint density at radius 2 is 0.900 bits per heavy atom. The number of rotatable bonds is 38. The van der Waals surface area contributed by atoms with Crippen LogP contribution in [0.15, 0.2) is 72.9 Å². The zero-order chi connectivity index (χ0) is 36.3. The predicted octanol–water partition coefficient (Wildman–Crippen LogP) is 13.8. The van der Waals surface area contributed by atoms with Crippen LogP contribution in [0.1, 0.15) is 187 Å². The van der Waals surface area contributed by atoms with E-state index in [1.807, 2.05) is 0 Å². The van der Waals surface area contributed by atoms with Crippen LogP contribution in [0.2, 0.25) is 0 Å². The fourth-order valence-electron chi connectivity index (χ4n) is 5.64. The number of carbonyl (C=O) groups excluding carboxylic acids is 1. The highest BCUT2D eigenvalue weighted by Gasteiger charge is 2.13. The van der Waals surface area contributed by atoms with Crippen LogP contribution >= 0.6 is 0 Å². The van der Waals surface area contributed by atoms with E-state index >= 15 is 0 Å². The number of unbranched alkanes of at least 4 members (excludes halogenated alkanes) is 18. The molecular weight excluding hydrogens is 617 g/mol. The lowest BCUT2D eigenvalue weighted by molar-refractivity contribution is -0.154. The molecule has 1 atom stereocenters. The summed E-state index contributed by atoms with van der Waals surface area (Å²) in [4.78, 5) is 12.2. The zero-order valence-corrected chi connectivity index (χ0v) is 32.9. The third-order valence-electron chi connectivity index (χ3n) is 8.77. The Bertz CT molecular complexity index is 865. The zero-order valence-electron chi connectivity index (χ0n) is 32.9. The van der Waals surface area contributed by atoms with Gasteiger partial charge in [-0.15, -0.1) is 0 Å². The van der Waals surface area contributed by atoms with Crippen LogP contribution < -0.4 is 0 Å². The molecule has 0 radical (unpaired) electrons. The van der Waals surface area contributed by atoms with Crippen molar-refractivity contribution in [3.63, 3.8) is 0 Å². The predicted molar refractivity (Wildman–Crippen MR) is 219 cm³/mol. The summed E-state index contributed by atoms with van der Waals surface area (Å²) in [5.41, 5.74) is 0. The summed E-state index contributed by atoms with van der Waals surface area (Å²) in [6.07, 6.45) is 58.1. The minimum atomic E-state index is -0.553. The topological polar surface area (TPSA) is 55.8 Å². The van der Waals surface area contributed by atoms with Gasteiger partial charge in [-0.3, -0.25) is 4.79 Å². The lowest BCUT2D eigenvalue weighted by atomic mass is 10.1. The van der Waals surface area contributed by atoms with E-state index in [2.05, 4.69) is 86.8 Å². The lowest BCUT2D eigenvalue weighted by Gasteiger charge is -2.15. The van der Waals surface area contributed by atoms with Gasteiger partial charge in [0.1, 0.15) is 6.10 Å². The maximum atomic E-state index is 12.2. The number of aliphatic hydroxyl groups is 1. The molecule has 1 unspecified atom stereocenters. The van der Waals surface area contributed by atoms with E-state index in [-0.39, 0.29) is 19.2 Å². The van der Waals surface area contributed by atoms with Gasteiger partial charge in [0.25, 0.3) is 0 Å². The number of hydrogen-bond acceptors (Lipinski definition) is 4. The second kappa shape index (κ2) is 43.0. The smallest absolute Gasteiger partial charge is 0.306 e. The Balaban J connectivity index is 3.52. The molecule has 0 heterocycles. The molecule has 50 heavy (non-hydrogen) atoms. The summed E-state index contributed by atoms with van der Waals surface area (Å²) < 4.78 is 11.1. The van der Waals surface area contributed by atoms with Gasteiger partial charge in [-0.05, 0) is 83.5 Å². The first-order valence-corrected chi connectivity index (χ1v) is 21.0. The van der Waals surface area contributed by atoms with Crippen molar-refractivity contribution in [2.24, 2.45) is 0 Å². The van der Waals surface area contributed by atoms with E-state index in [4.69, 9.17) is 9.47 Å². The molecule has 0 aliphatic carbocycles. The number of ether oxygens (including phenoxy) is 2. The van der Waals surface area contributed by atoms with Crippen LogP contribution in [0, 0.1) is 0 Å². The van der Waals surface area contributed by atoms with Crippen molar-refractivity contribution in [2.45, 2.75) is 193 Å². The highest BCUT2D eigenvalue weighted by Crippen LogP contribution is 2.12. The first-order chi connectivity index (χ1) is 24.7. The average Bonchev–Trinajstić information content (AvgIpc) is 3.12. The Kier molecular flexibility index (Phi) is 41.1. The largest absolute Gasteiger partial charge is 0.457 e. The molecule has 0 rings (SSSR count). The van der Waals surface area contributed by atoms with Crippen LogP contribution in [0.25, 0.3) is 0 Å². The summed E-state index contributed by atoms with van der Waals surface area (Å²) in [5.74, 6) is -0.217.